The molecule has 0 aromatic carbocycles. The van der Waals surface area contributed by atoms with Crippen LogP contribution in [0.3, 0.4) is 0 Å². The third kappa shape index (κ3) is 9.98. The van der Waals surface area contributed by atoms with Gasteiger partial charge in [-0.05, 0) is 94.5 Å². The van der Waals surface area contributed by atoms with Crippen molar-refractivity contribution in [1.82, 2.24) is 0 Å². The van der Waals surface area contributed by atoms with Gasteiger partial charge < -0.3 is 87.9 Å². The minimum absolute atomic E-state index is 0.00811. The van der Waals surface area contributed by atoms with Gasteiger partial charge in [-0.15, -0.1) is 0 Å². The number of carbonyl (C=O) groups is 3. The summed E-state index contributed by atoms with van der Waals surface area (Å²) < 4.78 is 65.8. The van der Waals surface area contributed by atoms with Gasteiger partial charge in [-0.25, -0.2) is 4.79 Å². The molecule has 9 aliphatic rings. The minimum atomic E-state index is -1.69. The van der Waals surface area contributed by atoms with Gasteiger partial charge in [0, 0.05) is 50.0 Å². The monoisotopic (exact) mass is 1010 g/mol. The molecular weight excluding hydrogens is 937 g/mol. The van der Waals surface area contributed by atoms with Gasteiger partial charge in [0.25, 0.3) is 6.47 Å². The number of rotatable bonds is 13. The van der Waals surface area contributed by atoms with Crippen LogP contribution in [0.5, 0.6) is 0 Å². The predicted octanol–water partition coefficient (Wildman–Crippen LogP) is 0.794. The quantitative estimate of drug-likeness (QED) is 0.0581. The van der Waals surface area contributed by atoms with Crippen LogP contribution in [0.1, 0.15) is 112 Å². The van der Waals surface area contributed by atoms with Crippen LogP contribution in [-0.2, 0) is 66.5 Å². The Kier molecular flexibility index (Phi) is 15.7. The Bertz CT molecular complexity index is 1910. The van der Waals surface area contributed by atoms with E-state index in [9.17, 15) is 50.1 Å². The van der Waals surface area contributed by atoms with E-state index in [2.05, 4.69) is 13.8 Å². The van der Waals surface area contributed by atoms with Gasteiger partial charge in [0.2, 0.25) is 0 Å². The van der Waals surface area contributed by atoms with E-state index in [0.717, 1.165) is 50.5 Å². The summed E-state index contributed by atoms with van der Waals surface area (Å²) in [5, 5.41) is 76.4. The largest absolute Gasteiger partial charge is 0.464 e. The first kappa shape index (κ1) is 53.4. The Morgan fingerprint density at radius 2 is 1.38 bits per heavy atom. The van der Waals surface area contributed by atoms with Crippen LogP contribution >= 0.6 is 0 Å². The fourth-order valence-electron chi connectivity index (χ4n) is 14.9. The summed E-state index contributed by atoms with van der Waals surface area (Å²) in [5.41, 5.74) is -0.913. The van der Waals surface area contributed by atoms with E-state index in [1.165, 1.54) is 13.0 Å². The topological polar surface area (TPSA) is 294 Å². The van der Waals surface area contributed by atoms with Gasteiger partial charge in [0.15, 0.2) is 25.2 Å². The molecule has 0 radical (unpaired) electrons. The van der Waals surface area contributed by atoms with Crippen LogP contribution in [0.25, 0.3) is 0 Å². The van der Waals surface area contributed by atoms with E-state index in [0.29, 0.717) is 18.8 Å². The molecule has 26 atom stereocenters. The molecule has 2 unspecified atom stereocenters. The molecule has 0 aromatic rings. The molecule has 21 nitrogen and oxygen atoms in total. The van der Waals surface area contributed by atoms with Crippen LogP contribution in [0.15, 0.2) is 11.6 Å². The minimum Gasteiger partial charge on any atom is -0.464 e. The van der Waals surface area contributed by atoms with Crippen molar-refractivity contribution in [2.24, 2.45) is 34.5 Å². The van der Waals surface area contributed by atoms with E-state index in [1.54, 1.807) is 20.8 Å². The van der Waals surface area contributed by atoms with Crippen molar-refractivity contribution < 1.29 is 102 Å². The summed E-state index contributed by atoms with van der Waals surface area (Å²) in [6.45, 7) is 10.8. The van der Waals surface area contributed by atoms with Crippen molar-refractivity contribution >= 4 is 18.4 Å². The molecule has 0 amide bonds. The Morgan fingerprint density at radius 3 is 1.97 bits per heavy atom. The number of ether oxygens (including phenoxy) is 11. The predicted molar refractivity (Wildman–Crippen MR) is 240 cm³/mol. The number of aliphatic hydroxyl groups excluding tert-OH is 6. The summed E-state index contributed by atoms with van der Waals surface area (Å²) in [7, 11) is 0. The normalized spacial score (nSPS) is 52.0. The average molecular weight is 1010 g/mol. The zero-order valence-electron chi connectivity index (χ0n) is 41.5. The highest BCUT2D eigenvalue weighted by atomic mass is 16.8. The lowest BCUT2D eigenvalue weighted by Gasteiger charge is -2.63. The zero-order valence-corrected chi connectivity index (χ0v) is 41.5. The van der Waals surface area contributed by atoms with Crippen LogP contribution in [0.2, 0.25) is 0 Å². The summed E-state index contributed by atoms with van der Waals surface area (Å²) in [6, 6.07) is 0. The number of aliphatic hydroxyl groups is 7. The Balaban J connectivity index is 0.755. The fourth-order valence-corrected chi connectivity index (χ4v) is 14.9. The Hall–Kier alpha value is -2.45. The second kappa shape index (κ2) is 20.9. The van der Waals surface area contributed by atoms with Crippen LogP contribution in [-0.4, -0.2) is 190 Å². The van der Waals surface area contributed by atoms with Gasteiger partial charge in [-0.2, -0.15) is 0 Å². The summed E-state index contributed by atoms with van der Waals surface area (Å²) >= 11 is 0. The van der Waals surface area contributed by atoms with E-state index in [-0.39, 0.29) is 55.1 Å². The van der Waals surface area contributed by atoms with Crippen LogP contribution in [0.4, 0.5) is 0 Å². The molecule has 0 aromatic heterocycles. The molecule has 9 rings (SSSR count). The molecule has 8 fully saturated rings. The van der Waals surface area contributed by atoms with Crippen LogP contribution < -0.4 is 0 Å². The van der Waals surface area contributed by atoms with Gasteiger partial charge in [0.05, 0.1) is 48.8 Å². The number of hydrogen-bond acceptors (Lipinski definition) is 21. The number of esters is 2. The maximum Gasteiger partial charge on any atom is 0.331 e. The van der Waals surface area contributed by atoms with E-state index >= 15 is 0 Å². The molecule has 5 heterocycles. The number of fused-ring (bicyclic) bond motifs is 5. The molecule has 7 N–H and O–H groups in total. The molecule has 4 saturated heterocycles. The molecule has 4 aliphatic carbocycles. The fraction of sp³-hybridized carbons (Fsp3) is 0.900. The van der Waals surface area contributed by atoms with Crippen molar-refractivity contribution in [3.05, 3.63) is 11.6 Å². The first-order valence-corrected chi connectivity index (χ1v) is 25.8. The lowest BCUT2D eigenvalue weighted by Crippen LogP contribution is -2.62. The molecule has 4 saturated carbocycles. The van der Waals surface area contributed by atoms with E-state index in [4.69, 9.17) is 52.1 Å². The molecule has 21 heteroatoms. The molecule has 402 valence electrons. The first-order valence-electron chi connectivity index (χ1n) is 25.8. The second-order valence-corrected chi connectivity index (χ2v) is 22.5. The van der Waals surface area contributed by atoms with E-state index < -0.39 is 140 Å². The van der Waals surface area contributed by atoms with Gasteiger partial charge in [-0.3, -0.25) is 9.59 Å². The van der Waals surface area contributed by atoms with Crippen molar-refractivity contribution in [2.45, 2.75) is 234 Å². The highest BCUT2D eigenvalue weighted by molar-refractivity contribution is 5.85. The smallest absolute Gasteiger partial charge is 0.331 e. The van der Waals surface area contributed by atoms with Gasteiger partial charge in [0.1, 0.15) is 61.5 Å². The van der Waals surface area contributed by atoms with Crippen molar-refractivity contribution in [3.63, 3.8) is 0 Å². The number of hydrogen-bond donors (Lipinski definition) is 7. The third-order valence-corrected chi connectivity index (χ3v) is 18.4. The highest BCUT2D eigenvalue weighted by Gasteiger charge is 2.71. The lowest BCUT2D eigenvalue weighted by atomic mass is 9.43. The zero-order chi connectivity index (χ0) is 50.9. The summed E-state index contributed by atoms with van der Waals surface area (Å²) in [6.07, 6.45) is -11.0. The highest BCUT2D eigenvalue weighted by Crippen LogP contribution is 2.70. The van der Waals surface area contributed by atoms with E-state index in [1.807, 2.05) is 0 Å². The first-order chi connectivity index (χ1) is 33.7. The standard InChI is InChI=1S/C50H76O21/c1-22-44(69-38-16-32(55)45(23(2)64-38)70-39-17-33(66-25(4)53)46(24(3)65-39)71-47-43(59)42(58)41(57)35(19-51)68-47)31(54)15-37(63-22)67-28-9-11-48(5)27(14-28)7-8-30-29(48)10-12-49(6)40(26-13-36(56)61-20-26)34(62-21-52)18-50(30,49)60/h13,21-24,27-35,37-47,51,54-55,57-60H,7-12,14-20H2,1-6H3/t22-,23-,24-,27?,28+,29+,30?,31+,32+,33+,34+,35-,37+,38+,39+,40+,41-,42+,43-,44-,45-,46-,47-,48+,49-,50+/m1/s1. The maximum absolute atomic E-state index is 12.8. The Morgan fingerprint density at radius 1 is 0.746 bits per heavy atom. The van der Waals surface area contributed by atoms with Crippen molar-refractivity contribution in [3.8, 4) is 0 Å². The summed E-state index contributed by atoms with van der Waals surface area (Å²) in [4.78, 5) is 36.0. The molecule has 0 bridgehead atoms. The average Bonchev–Trinajstić information content (AvgIpc) is 3.83. The number of cyclic esters (lactones) is 1. The van der Waals surface area contributed by atoms with Gasteiger partial charge >= 0.3 is 11.9 Å². The summed E-state index contributed by atoms with van der Waals surface area (Å²) in [5.74, 6) is -0.716. The molecule has 0 spiro atoms. The van der Waals surface area contributed by atoms with Crippen LogP contribution in [0, 0.1) is 34.5 Å². The van der Waals surface area contributed by atoms with Gasteiger partial charge in [-0.1, -0.05) is 13.8 Å². The van der Waals surface area contributed by atoms with Crippen molar-refractivity contribution in [1.29, 1.82) is 0 Å². The Labute approximate surface area is 413 Å². The number of carbonyl (C=O) groups excluding carboxylic acids is 3. The second-order valence-electron chi connectivity index (χ2n) is 22.5. The third-order valence-electron chi connectivity index (χ3n) is 18.4. The molecule has 5 aliphatic heterocycles. The lowest BCUT2D eigenvalue weighted by molar-refractivity contribution is -0.355. The molecular formula is C50H76O21. The van der Waals surface area contributed by atoms with Crippen molar-refractivity contribution in [2.75, 3.05) is 13.2 Å². The maximum atomic E-state index is 12.8. The SMILES string of the molecule is CC(=O)O[C@H]1C[C@H](O[C@H]2[C@@H](O)C[C@H](O[C@H]3[C@@H](O)C[C@H](O[C@H]4CC[C@@]5(C)C(CCC6[C@@H]5CC[C@]5(C)[C@@H](C7=CC(=O)OC7)[C@@H](OC=O)C[C@]65O)C4)O[C@@H]3C)O[C@@H]2C)O[C@H](C)[C@H]1O[C@H]1O[C@H](CO)[C@@H](O)[C@H](O)[C@H]1O. The molecule has 71 heavy (non-hydrogen) atoms.